The largest absolute Gasteiger partial charge is 0.314 e. The molecule has 1 aromatic rings. The van der Waals surface area contributed by atoms with Crippen LogP contribution in [-0.2, 0) is 0 Å². The number of piperazine rings is 1. The number of rotatable bonds is 4. The summed E-state index contributed by atoms with van der Waals surface area (Å²) in [6.07, 6.45) is 2.43. The van der Waals surface area contributed by atoms with Crippen molar-refractivity contribution in [2.24, 2.45) is 0 Å². The fraction of sp³-hybridized carbons (Fsp3) is 0.571. The summed E-state index contributed by atoms with van der Waals surface area (Å²) in [6, 6.07) is 7.02. The van der Waals surface area contributed by atoms with Crippen LogP contribution in [0.15, 0.2) is 27.1 Å². The molecular formula is C14H20Br2N2. The summed E-state index contributed by atoms with van der Waals surface area (Å²) in [4.78, 5) is 2.60. The average Bonchev–Trinajstić information content (AvgIpc) is 2.40. The van der Waals surface area contributed by atoms with Crippen molar-refractivity contribution in [3.8, 4) is 0 Å². The SMILES string of the molecule is CCC[C@@H](c1cc(Br)ccc1Br)N1CCNCC1. The van der Waals surface area contributed by atoms with Crippen LogP contribution in [0, 0.1) is 0 Å². The standard InChI is InChI=1S/C14H20Br2N2/c1-2-3-14(18-8-6-17-7-9-18)12-10-11(15)4-5-13(12)16/h4-5,10,14,17H,2-3,6-9H2,1H3/t14-/m0/s1. The number of benzene rings is 1. The average molecular weight is 376 g/mol. The number of nitrogens with zero attached hydrogens (tertiary/aromatic N) is 1. The molecule has 0 spiro atoms. The van der Waals surface area contributed by atoms with Crippen molar-refractivity contribution in [2.45, 2.75) is 25.8 Å². The first kappa shape index (κ1) is 14.5. The maximum absolute atomic E-state index is 3.70. The van der Waals surface area contributed by atoms with E-state index in [0.29, 0.717) is 6.04 Å². The Labute approximate surface area is 126 Å². The normalized spacial score (nSPS) is 18.8. The molecule has 2 nitrogen and oxygen atoms in total. The van der Waals surface area contributed by atoms with E-state index in [4.69, 9.17) is 0 Å². The maximum Gasteiger partial charge on any atom is 0.0360 e. The Morgan fingerprint density at radius 1 is 1.28 bits per heavy atom. The van der Waals surface area contributed by atoms with Crippen LogP contribution in [-0.4, -0.2) is 31.1 Å². The van der Waals surface area contributed by atoms with Crippen LogP contribution in [0.5, 0.6) is 0 Å². The second kappa shape index (κ2) is 7.04. The van der Waals surface area contributed by atoms with Crippen LogP contribution in [0.1, 0.15) is 31.4 Å². The van der Waals surface area contributed by atoms with Gasteiger partial charge in [0.05, 0.1) is 0 Å². The van der Waals surface area contributed by atoms with Crippen LogP contribution < -0.4 is 5.32 Å². The molecule has 0 bridgehead atoms. The van der Waals surface area contributed by atoms with Crippen LogP contribution in [0.2, 0.25) is 0 Å². The van der Waals surface area contributed by atoms with Gasteiger partial charge in [0.1, 0.15) is 0 Å². The molecule has 0 unspecified atom stereocenters. The lowest BCUT2D eigenvalue weighted by atomic mass is 10.00. The van der Waals surface area contributed by atoms with E-state index in [1.165, 1.54) is 22.9 Å². The van der Waals surface area contributed by atoms with E-state index in [0.717, 1.165) is 30.7 Å². The predicted molar refractivity (Wildman–Crippen MR) is 83.9 cm³/mol. The van der Waals surface area contributed by atoms with Gasteiger partial charge >= 0.3 is 0 Å². The Morgan fingerprint density at radius 3 is 2.67 bits per heavy atom. The summed E-state index contributed by atoms with van der Waals surface area (Å²) in [5.74, 6) is 0. The molecule has 4 heteroatoms. The summed E-state index contributed by atoms with van der Waals surface area (Å²) in [5, 5.41) is 3.43. The molecular weight excluding hydrogens is 356 g/mol. The van der Waals surface area contributed by atoms with E-state index in [9.17, 15) is 0 Å². The van der Waals surface area contributed by atoms with E-state index in [2.05, 4.69) is 67.2 Å². The lowest BCUT2D eigenvalue weighted by molar-refractivity contribution is 0.164. The third kappa shape index (κ3) is 3.56. The summed E-state index contributed by atoms with van der Waals surface area (Å²) >= 11 is 7.29. The molecule has 0 aromatic heterocycles. The highest BCUT2D eigenvalue weighted by atomic mass is 79.9. The Kier molecular flexibility index (Phi) is 5.67. The maximum atomic E-state index is 3.70. The fourth-order valence-corrected chi connectivity index (χ4v) is 3.46. The molecule has 1 aromatic carbocycles. The molecule has 18 heavy (non-hydrogen) atoms. The minimum Gasteiger partial charge on any atom is -0.314 e. The van der Waals surface area contributed by atoms with Crippen molar-refractivity contribution in [3.05, 3.63) is 32.7 Å². The molecule has 1 aliphatic heterocycles. The molecule has 1 saturated heterocycles. The van der Waals surface area contributed by atoms with Gasteiger partial charge in [0.15, 0.2) is 0 Å². The smallest absolute Gasteiger partial charge is 0.0360 e. The van der Waals surface area contributed by atoms with Crippen molar-refractivity contribution in [1.29, 1.82) is 0 Å². The molecule has 100 valence electrons. The minimum absolute atomic E-state index is 0.531. The van der Waals surface area contributed by atoms with E-state index >= 15 is 0 Å². The molecule has 1 N–H and O–H groups in total. The first-order valence-corrected chi connectivity index (χ1v) is 8.20. The summed E-state index contributed by atoms with van der Waals surface area (Å²) in [5.41, 5.74) is 1.41. The highest BCUT2D eigenvalue weighted by molar-refractivity contribution is 9.11. The van der Waals surface area contributed by atoms with Crippen LogP contribution >= 0.6 is 31.9 Å². The van der Waals surface area contributed by atoms with Crippen LogP contribution in [0.3, 0.4) is 0 Å². The molecule has 0 saturated carbocycles. The molecule has 1 fully saturated rings. The minimum atomic E-state index is 0.531. The molecule has 0 amide bonds. The van der Waals surface area contributed by atoms with Gasteiger partial charge in [0, 0.05) is 41.2 Å². The highest BCUT2D eigenvalue weighted by Gasteiger charge is 2.23. The molecule has 0 radical (unpaired) electrons. The molecule has 1 aliphatic rings. The number of halogens is 2. The summed E-state index contributed by atoms with van der Waals surface area (Å²) < 4.78 is 2.39. The van der Waals surface area contributed by atoms with Crippen LogP contribution in [0.25, 0.3) is 0 Å². The Hall–Kier alpha value is 0.1000. The first-order chi connectivity index (χ1) is 8.72. The van der Waals surface area contributed by atoms with Gasteiger partial charge in [0.25, 0.3) is 0 Å². The molecule has 0 aliphatic carbocycles. The zero-order valence-corrected chi connectivity index (χ0v) is 13.9. The van der Waals surface area contributed by atoms with Gasteiger partial charge in [-0.3, -0.25) is 4.90 Å². The summed E-state index contributed by atoms with van der Waals surface area (Å²) in [7, 11) is 0. The Bertz CT molecular complexity index is 389. The van der Waals surface area contributed by atoms with Crippen molar-refractivity contribution < 1.29 is 0 Å². The predicted octanol–water partition coefficient (Wildman–Crippen LogP) is 3.96. The quantitative estimate of drug-likeness (QED) is 0.856. The zero-order chi connectivity index (χ0) is 13.0. The monoisotopic (exact) mass is 374 g/mol. The van der Waals surface area contributed by atoms with E-state index in [1.807, 2.05) is 0 Å². The van der Waals surface area contributed by atoms with Crippen molar-refractivity contribution >= 4 is 31.9 Å². The van der Waals surface area contributed by atoms with Crippen molar-refractivity contribution in [1.82, 2.24) is 10.2 Å². The van der Waals surface area contributed by atoms with Gasteiger partial charge < -0.3 is 5.32 Å². The third-order valence-electron chi connectivity index (χ3n) is 3.47. The van der Waals surface area contributed by atoms with Gasteiger partial charge in [-0.25, -0.2) is 0 Å². The van der Waals surface area contributed by atoms with Crippen molar-refractivity contribution in [3.63, 3.8) is 0 Å². The highest BCUT2D eigenvalue weighted by Crippen LogP contribution is 2.33. The fourth-order valence-electron chi connectivity index (χ4n) is 2.57. The number of hydrogen-bond donors (Lipinski definition) is 1. The number of nitrogens with one attached hydrogen (secondary N) is 1. The van der Waals surface area contributed by atoms with Gasteiger partial charge in [0.2, 0.25) is 0 Å². The van der Waals surface area contributed by atoms with Crippen LogP contribution in [0.4, 0.5) is 0 Å². The Morgan fingerprint density at radius 2 is 2.00 bits per heavy atom. The van der Waals surface area contributed by atoms with Gasteiger partial charge in [-0.15, -0.1) is 0 Å². The second-order valence-corrected chi connectivity index (χ2v) is 6.53. The van der Waals surface area contributed by atoms with Gasteiger partial charge in [-0.2, -0.15) is 0 Å². The molecule has 1 atom stereocenters. The second-order valence-electron chi connectivity index (χ2n) is 4.76. The lowest BCUT2D eigenvalue weighted by Gasteiger charge is -2.35. The topological polar surface area (TPSA) is 15.3 Å². The lowest BCUT2D eigenvalue weighted by Crippen LogP contribution is -2.45. The third-order valence-corrected chi connectivity index (χ3v) is 4.69. The molecule has 2 rings (SSSR count). The van der Waals surface area contributed by atoms with Gasteiger partial charge in [-0.05, 0) is 30.2 Å². The zero-order valence-electron chi connectivity index (χ0n) is 10.8. The Balaban J connectivity index is 2.24. The summed E-state index contributed by atoms with van der Waals surface area (Å²) in [6.45, 7) is 6.76. The van der Waals surface area contributed by atoms with Gasteiger partial charge in [-0.1, -0.05) is 45.2 Å². The van der Waals surface area contributed by atoms with E-state index < -0.39 is 0 Å². The van der Waals surface area contributed by atoms with E-state index in [1.54, 1.807) is 0 Å². The first-order valence-electron chi connectivity index (χ1n) is 6.62. The molecule has 1 heterocycles. The van der Waals surface area contributed by atoms with Crippen molar-refractivity contribution in [2.75, 3.05) is 26.2 Å². The van der Waals surface area contributed by atoms with E-state index in [-0.39, 0.29) is 0 Å². The number of hydrogen-bond acceptors (Lipinski definition) is 2.